The minimum atomic E-state index is -4.66. The topological polar surface area (TPSA) is 111 Å². The van der Waals surface area contributed by atoms with Crippen LogP contribution in [0, 0.1) is 0 Å². The maximum atomic E-state index is 12.6. The standard InChI is InChI=1S/C46H74NO8P/c1-6-8-10-12-14-16-18-20-22-23-25-27-29-31-33-35-37-39-46(49)55-44(43-54-56(50,51)53-41-40-47(3,4)5)42-52-45(48)38-36-34-32-30-28-26-24-21-19-17-15-13-11-9-7-2/h8-11,14-17,20-22,24-25,27-28,30-31,33,44H,6-7,12-13,18-19,23,26,29,32,34-43H2,1-5H3/b10-8-,11-9-,16-14-,17-15-,22-20-,24-21-,27-25-,30-28-,33-31-/t44-/m1/s1. The molecule has 9 nitrogen and oxygen atoms in total. The molecule has 0 spiro atoms. The van der Waals surface area contributed by atoms with Crippen LogP contribution in [0.2, 0.25) is 0 Å². The van der Waals surface area contributed by atoms with E-state index in [-0.39, 0.29) is 26.1 Å². The Labute approximate surface area is 340 Å². The number of esters is 2. The number of quaternary nitrogens is 1. The second kappa shape index (κ2) is 37.3. The van der Waals surface area contributed by atoms with Crippen molar-refractivity contribution >= 4 is 19.8 Å². The Morgan fingerprint density at radius 3 is 1.41 bits per heavy atom. The van der Waals surface area contributed by atoms with Gasteiger partial charge in [0, 0.05) is 12.8 Å². The Bertz CT molecular complexity index is 1320. The van der Waals surface area contributed by atoms with Crippen LogP contribution in [0.1, 0.15) is 117 Å². The lowest BCUT2D eigenvalue weighted by Crippen LogP contribution is -2.37. The second-order valence-electron chi connectivity index (χ2n) is 14.2. The monoisotopic (exact) mass is 800 g/mol. The minimum absolute atomic E-state index is 0.0551. The molecule has 0 amide bonds. The maximum Gasteiger partial charge on any atom is 0.306 e. The fraction of sp³-hybridized carbons (Fsp3) is 0.565. The van der Waals surface area contributed by atoms with E-state index in [1.807, 2.05) is 27.2 Å². The first-order valence-electron chi connectivity index (χ1n) is 20.6. The van der Waals surface area contributed by atoms with Gasteiger partial charge in [-0.3, -0.25) is 14.2 Å². The molecule has 0 saturated heterocycles. The number of phosphoric acid groups is 1. The van der Waals surface area contributed by atoms with Crippen LogP contribution >= 0.6 is 7.82 Å². The number of allylic oxidation sites excluding steroid dienone is 18. The summed E-state index contributed by atoms with van der Waals surface area (Å²) >= 11 is 0. The van der Waals surface area contributed by atoms with E-state index in [0.717, 1.165) is 70.6 Å². The van der Waals surface area contributed by atoms with Gasteiger partial charge < -0.3 is 27.9 Å². The molecule has 0 saturated carbocycles. The van der Waals surface area contributed by atoms with Crippen LogP contribution in [0.4, 0.5) is 0 Å². The van der Waals surface area contributed by atoms with Crippen LogP contribution in [0.25, 0.3) is 0 Å². The van der Waals surface area contributed by atoms with E-state index in [1.54, 1.807) is 0 Å². The van der Waals surface area contributed by atoms with Crippen molar-refractivity contribution in [3.05, 3.63) is 109 Å². The van der Waals surface area contributed by atoms with Crippen molar-refractivity contribution in [2.45, 2.75) is 123 Å². The number of hydrogen-bond acceptors (Lipinski definition) is 8. The number of nitrogens with zero attached hydrogens (tertiary/aromatic N) is 1. The van der Waals surface area contributed by atoms with Crippen molar-refractivity contribution < 1.29 is 42.1 Å². The van der Waals surface area contributed by atoms with E-state index in [1.165, 1.54) is 0 Å². The summed E-state index contributed by atoms with van der Waals surface area (Å²) in [5, 5.41) is 0. The third-order valence-corrected chi connectivity index (χ3v) is 8.75. The Morgan fingerprint density at radius 1 is 0.554 bits per heavy atom. The van der Waals surface area contributed by atoms with Crippen molar-refractivity contribution in [2.24, 2.45) is 0 Å². The van der Waals surface area contributed by atoms with Crippen molar-refractivity contribution in [3.8, 4) is 0 Å². The highest BCUT2D eigenvalue weighted by atomic mass is 31.2. The van der Waals surface area contributed by atoms with E-state index in [4.69, 9.17) is 18.5 Å². The molecule has 0 aromatic heterocycles. The molecule has 2 atom stereocenters. The van der Waals surface area contributed by atoms with Crippen LogP contribution < -0.4 is 4.89 Å². The zero-order chi connectivity index (χ0) is 41.4. The van der Waals surface area contributed by atoms with E-state index in [9.17, 15) is 19.0 Å². The smallest absolute Gasteiger partial charge is 0.306 e. The molecule has 0 radical (unpaired) electrons. The lowest BCUT2D eigenvalue weighted by molar-refractivity contribution is -0.870. The van der Waals surface area contributed by atoms with Gasteiger partial charge in [-0.05, 0) is 89.9 Å². The number of carbonyl (C=O) groups is 2. The lowest BCUT2D eigenvalue weighted by atomic mass is 10.2. The van der Waals surface area contributed by atoms with Gasteiger partial charge in [-0.1, -0.05) is 123 Å². The molecule has 0 heterocycles. The van der Waals surface area contributed by atoms with E-state index >= 15 is 0 Å². The largest absolute Gasteiger partial charge is 0.756 e. The average molecular weight is 800 g/mol. The SMILES string of the molecule is CC/C=C\C/C=C\C/C=C\C/C=C\C/C=C\CCCC(=O)O[C@H](COC(=O)CCCC/C=C\C/C=C\C/C=C\C/C=C\CC)COP(=O)([O-])OCC[N+](C)(C)C. The summed E-state index contributed by atoms with van der Waals surface area (Å²) in [6.45, 7) is 3.84. The zero-order valence-corrected chi connectivity index (χ0v) is 36.2. The third kappa shape index (κ3) is 40.3. The molecule has 0 aliphatic heterocycles. The molecular formula is C46H74NO8P. The van der Waals surface area contributed by atoms with Gasteiger partial charge in [0.05, 0.1) is 27.7 Å². The van der Waals surface area contributed by atoms with Gasteiger partial charge in [-0.2, -0.15) is 0 Å². The maximum absolute atomic E-state index is 12.6. The molecule has 316 valence electrons. The Kier molecular flexibility index (Phi) is 35.0. The van der Waals surface area contributed by atoms with Crippen LogP contribution in [-0.4, -0.2) is 70.0 Å². The first kappa shape index (κ1) is 52.7. The summed E-state index contributed by atoms with van der Waals surface area (Å²) in [6, 6.07) is 0. The van der Waals surface area contributed by atoms with Crippen LogP contribution in [0.5, 0.6) is 0 Å². The molecule has 0 aliphatic carbocycles. The molecule has 56 heavy (non-hydrogen) atoms. The number of rotatable bonds is 35. The van der Waals surface area contributed by atoms with Gasteiger partial charge in [0.25, 0.3) is 7.82 Å². The number of hydrogen-bond donors (Lipinski definition) is 0. The van der Waals surface area contributed by atoms with Crippen LogP contribution in [0.3, 0.4) is 0 Å². The predicted molar refractivity (Wildman–Crippen MR) is 231 cm³/mol. The quantitative estimate of drug-likeness (QED) is 0.0205. The molecule has 0 aromatic rings. The van der Waals surface area contributed by atoms with E-state index < -0.39 is 32.5 Å². The zero-order valence-electron chi connectivity index (χ0n) is 35.3. The molecule has 0 rings (SSSR count). The average Bonchev–Trinajstić information content (AvgIpc) is 3.15. The predicted octanol–water partition coefficient (Wildman–Crippen LogP) is 10.9. The van der Waals surface area contributed by atoms with Crippen LogP contribution in [0.15, 0.2) is 109 Å². The van der Waals surface area contributed by atoms with Crippen molar-refractivity contribution in [1.29, 1.82) is 0 Å². The Morgan fingerprint density at radius 2 is 0.964 bits per heavy atom. The van der Waals surface area contributed by atoms with E-state index in [2.05, 4.69) is 117 Å². The van der Waals surface area contributed by atoms with Crippen molar-refractivity contribution in [1.82, 2.24) is 0 Å². The van der Waals surface area contributed by atoms with Gasteiger partial charge >= 0.3 is 11.9 Å². The summed E-state index contributed by atoms with van der Waals surface area (Å²) in [7, 11) is 1.08. The highest BCUT2D eigenvalue weighted by Crippen LogP contribution is 2.38. The van der Waals surface area contributed by atoms with Crippen molar-refractivity contribution in [3.63, 3.8) is 0 Å². The lowest BCUT2D eigenvalue weighted by Gasteiger charge is -2.28. The summed E-state index contributed by atoms with van der Waals surface area (Å²) in [5.74, 6) is -0.967. The summed E-state index contributed by atoms with van der Waals surface area (Å²) < 4.78 is 33.7. The molecule has 10 heteroatoms. The summed E-state index contributed by atoms with van der Waals surface area (Å²) in [6.07, 6.45) is 49.9. The molecule has 1 unspecified atom stereocenters. The number of likely N-dealkylation sites (N-methyl/N-ethyl adjacent to an activating group) is 1. The van der Waals surface area contributed by atoms with E-state index in [0.29, 0.717) is 30.3 Å². The normalized spacial score (nSPS) is 14.8. The van der Waals surface area contributed by atoms with Crippen molar-refractivity contribution in [2.75, 3.05) is 47.5 Å². The highest BCUT2D eigenvalue weighted by molar-refractivity contribution is 7.45. The molecule has 0 fully saturated rings. The summed E-state index contributed by atoms with van der Waals surface area (Å²) in [5.41, 5.74) is 0. The fourth-order valence-corrected chi connectivity index (χ4v) is 5.35. The van der Waals surface area contributed by atoms with Gasteiger partial charge in [-0.25, -0.2) is 0 Å². The number of ether oxygens (including phenoxy) is 2. The number of phosphoric ester groups is 1. The first-order valence-corrected chi connectivity index (χ1v) is 22.1. The third-order valence-electron chi connectivity index (χ3n) is 7.79. The van der Waals surface area contributed by atoms with Crippen LogP contribution in [-0.2, 0) is 32.7 Å². The second-order valence-corrected chi connectivity index (χ2v) is 15.6. The Balaban J connectivity index is 4.60. The molecule has 0 bridgehead atoms. The summed E-state index contributed by atoms with van der Waals surface area (Å²) in [4.78, 5) is 37.4. The molecule has 0 aromatic carbocycles. The number of carbonyl (C=O) groups excluding carboxylic acids is 2. The van der Waals surface area contributed by atoms with Gasteiger partial charge in [0.1, 0.15) is 19.8 Å². The molecular weight excluding hydrogens is 725 g/mol. The molecule has 0 N–H and O–H groups in total. The van der Waals surface area contributed by atoms with Gasteiger partial charge in [0.2, 0.25) is 0 Å². The Hall–Kier alpha value is -3.33. The number of unbranched alkanes of at least 4 members (excludes halogenated alkanes) is 3. The minimum Gasteiger partial charge on any atom is -0.756 e. The first-order chi connectivity index (χ1) is 27.0. The van der Waals surface area contributed by atoms with Gasteiger partial charge in [-0.15, -0.1) is 0 Å². The van der Waals surface area contributed by atoms with Gasteiger partial charge in [0.15, 0.2) is 6.10 Å². The molecule has 0 aliphatic rings. The fourth-order valence-electron chi connectivity index (χ4n) is 4.62. The highest BCUT2D eigenvalue weighted by Gasteiger charge is 2.21.